The number of rotatable bonds is 5. The van der Waals surface area contributed by atoms with Crippen molar-refractivity contribution >= 4 is 15.9 Å². The molecule has 0 aromatic heterocycles. The fourth-order valence-electron chi connectivity index (χ4n) is 4.68. The van der Waals surface area contributed by atoms with E-state index in [1.807, 2.05) is 18.2 Å². The monoisotopic (exact) mass is 487 g/mol. The fourth-order valence-corrected chi connectivity index (χ4v) is 5.70. The Morgan fingerprint density at radius 2 is 1.74 bits per heavy atom. The first kappa shape index (κ1) is 26.1. The van der Waals surface area contributed by atoms with Crippen LogP contribution in [0.2, 0.25) is 0 Å². The van der Waals surface area contributed by atoms with Crippen molar-refractivity contribution in [2.75, 3.05) is 13.1 Å². The van der Waals surface area contributed by atoms with Gasteiger partial charge in [-0.15, -0.1) is 5.10 Å². The molecule has 0 amide bonds. The summed E-state index contributed by atoms with van der Waals surface area (Å²) in [6.45, 7) is 3.64. The summed E-state index contributed by atoms with van der Waals surface area (Å²) in [5.41, 5.74) is 17.2. The van der Waals surface area contributed by atoms with Crippen LogP contribution < -0.4 is 33.3 Å². The summed E-state index contributed by atoms with van der Waals surface area (Å²) in [6.07, 6.45) is 7.77. The lowest BCUT2D eigenvalue weighted by molar-refractivity contribution is 0.441. The summed E-state index contributed by atoms with van der Waals surface area (Å²) in [4.78, 5) is -0.0550. The van der Waals surface area contributed by atoms with Gasteiger partial charge in [0, 0.05) is 18.2 Å². The van der Waals surface area contributed by atoms with Gasteiger partial charge in [-0.3, -0.25) is 0 Å². The number of primary sulfonamides is 1. The Balaban J connectivity index is 0.000000396. The van der Waals surface area contributed by atoms with Crippen molar-refractivity contribution in [1.29, 1.82) is 0 Å². The quantitative estimate of drug-likeness (QED) is 0.161. The van der Waals surface area contributed by atoms with E-state index in [1.54, 1.807) is 13.0 Å². The van der Waals surface area contributed by atoms with Gasteiger partial charge in [-0.25, -0.2) is 24.9 Å². The van der Waals surface area contributed by atoms with Crippen LogP contribution in [0.5, 0.6) is 0 Å². The normalized spacial score (nSPS) is 19.4. The van der Waals surface area contributed by atoms with Gasteiger partial charge in [-0.2, -0.15) is 0 Å². The molecule has 2 aliphatic rings. The van der Waals surface area contributed by atoms with Crippen LogP contribution in [0.1, 0.15) is 61.1 Å². The van der Waals surface area contributed by atoms with Crippen molar-refractivity contribution in [3.05, 3.63) is 53.1 Å². The lowest BCUT2D eigenvalue weighted by Gasteiger charge is -2.17. The number of benzene rings is 2. The fraction of sp³-hybridized carbons (Fsp3) is 0.458. The average molecular weight is 488 g/mol. The van der Waals surface area contributed by atoms with Gasteiger partial charge in [0.15, 0.2) is 5.84 Å². The van der Waals surface area contributed by atoms with Gasteiger partial charge in [0.2, 0.25) is 10.0 Å². The highest BCUT2D eigenvalue weighted by Gasteiger charge is 2.24. The van der Waals surface area contributed by atoms with Crippen molar-refractivity contribution in [3.8, 4) is 11.1 Å². The minimum atomic E-state index is -4.02. The molecule has 9 nitrogen and oxygen atoms in total. The number of nitrogens with one attached hydrogen (secondary N) is 2. The van der Waals surface area contributed by atoms with Crippen LogP contribution in [-0.2, 0) is 10.0 Å². The molecule has 1 saturated heterocycles. The Hall–Kier alpha value is -2.50. The molecular weight excluding hydrogens is 450 g/mol. The van der Waals surface area contributed by atoms with Crippen molar-refractivity contribution < 1.29 is 8.42 Å². The summed E-state index contributed by atoms with van der Waals surface area (Å²) in [6, 6.07) is 12.1. The van der Waals surface area contributed by atoms with Gasteiger partial charge in [0.05, 0.1) is 4.90 Å². The number of amidine groups is 1. The number of hydrazine groups is 1. The maximum atomic E-state index is 12.2. The first-order chi connectivity index (χ1) is 16.2. The average Bonchev–Trinajstić information content (AvgIpc) is 3.34. The standard InChI is InChI=1S/C18H24N6O2S.C6H13N/c1-11-2-7-15(16(18(19)23-24-20)17(11)27(21,25)26)13-5-3-12(4-6-13)14-8-9-22-10-14;7-6-4-2-1-3-5-6/h2-7,14,22,24H,8-10,20H2,1H3,(H2,19,23)(H2,21,25,26);6H,1-5,7H2. The third-order valence-electron chi connectivity index (χ3n) is 6.48. The molecule has 34 heavy (non-hydrogen) atoms. The Labute approximate surface area is 202 Å². The highest BCUT2D eigenvalue weighted by molar-refractivity contribution is 7.89. The third kappa shape index (κ3) is 6.55. The minimum absolute atomic E-state index is 0.0516. The zero-order chi connectivity index (χ0) is 24.7. The molecule has 4 rings (SSSR count). The van der Waals surface area contributed by atoms with Crippen LogP contribution in [0, 0.1) is 6.92 Å². The Kier molecular flexibility index (Phi) is 9.03. The third-order valence-corrected chi connectivity index (χ3v) is 7.58. The molecule has 10 N–H and O–H groups in total. The number of nitrogens with zero attached hydrogens (tertiary/aromatic N) is 1. The van der Waals surface area contributed by atoms with Gasteiger partial charge in [-0.1, -0.05) is 55.7 Å². The lowest BCUT2D eigenvalue weighted by Crippen LogP contribution is -2.27. The highest BCUT2D eigenvalue weighted by atomic mass is 32.2. The number of hydrogen-bond donors (Lipinski definition) is 6. The molecule has 1 unspecified atom stereocenters. The number of aryl methyl sites for hydroxylation is 1. The lowest BCUT2D eigenvalue weighted by atomic mass is 9.93. The van der Waals surface area contributed by atoms with Crippen LogP contribution in [0.15, 0.2) is 46.4 Å². The molecular formula is C24H37N7O2S. The maximum Gasteiger partial charge on any atom is 0.239 e. The molecule has 0 bridgehead atoms. The van der Waals surface area contributed by atoms with Crippen LogP contribution >= 0.6 is 0 Å². The number of sulfonamides is 1. The van der Waals surface area contributed by atoms with Crippen molar-refractivity contribution in [1.82, 2.24) is 10.9 Å². The van der Waals surface area contributed by atoms with Crippen LogP contribution in [0.25, 0.3) is 11.1 Å². The second-order valence-electron chi connectivity index (χ2n) is 9.02. The molecule has 1 atom stereocenters. The van der Waals surface area contributed by atoms with E-state index in [-0.39, 0.29) is 16.3 Å². The molecule has 2 fully saturated rings. The molecule has 0 radical (unpaired) electrons. The first-order valence-corrected chi connectivity index (χ1v) is 13.3. The minimum Gasteiger partial charge on any atom is -0.382 e. The molecule has 186 valence electrons. The van der Waals surface area contributed by atoms with Crippen LogP contribution in [0.4, 0.5) is 0 Å². The predicted octanol–water partition coefficient (Wildman–Crippen LogP) is 1.75. The largest absolute Gasteiger partial charge is 0.382 e. The maximum absolute atomic E-state index is 12.2. The molecule has 10 heteroatoms. The van der Waals surface area contributed by atoms with Crippen LogP contribution in [-0.4, -0.2) is 33.4 Å². The Morgan fingerprint density at radius 1 is 1.06 bits per heavy atom. The molecule has 1 aliphatic carbocycles. The summed E-state index contributed by atoms with van der Waals surface area (Å²) in [7, 11) is -4.02. The number of hydrogen-bond acceptors (Lipinski definition) is 7. The topological polar surface area (TPSA) is 175 Å². The Bertz CT molecular complexity index is 1090. The zero-order valence-corrected chi connectivity index (χ0v) is 20.6. The second-order valence-corrected chi connectivity index (χ2v) is 10.5. The van der Waals surface area contributed by atoms with E-state index >= 15 is 0 Å². The molecule has 0 spiro atoms. The van der Waals surface area contributed by atoms with Gasteiger partial charge in [-0.05, 0) is 60.9 Å². The van der Waals surface area contributed by atoms with E-state index in [1.165, 1.54) is 37.7 Å². The zero-order valence-electron chi connectivity index (χ0n) is 19.8. The van der Waals surface area contributed by atoms with Gasteiger partial charge in [0.25, 0.3) is 0 Å². The smallest absolute Gasteiger partial charge is 0.239 e. The van der Waals surface area contributed by atoms with E-state index in [0.717, 1.165) is 25.1 Å². The second kappa shape index (κ2) is 11.8. The highest BCUT2D eigenvalue weighted by Crippen LogP contribution is 2.32. The summed E-state index contributed by atoms with van der Waals surface area (Å²) in [5, 5.41) is 12.6. The molecule has 2 aromatic carbocycles. The number of nitrogens with two attached hydrogens (primary N) is 4. The first-order valence-electron chi connectivity index (χ1n) is 11.7. The van der Waals surface area contributed by atoms with Crippen molar-refractivity contribution in [3.63, 3.8) is 0 Å². The van der Waals surface area contributed by atoms with E-state index in [2.05, 4.69) is 28.1 Å². The van der Waals surface area contributed by atoms with Gasteiger partial charge >= 0.3 is 0 Å². The predicted molar refractivity (Wildman–Crippen MR) is 137 cm³/mol. The van der Waals surface area contributed by atoms with Gasteiger partial charge in [0.1, 0.15) is 0 Å². The van der Waals surface area contributed by atoms with Crippen molar-refractivity contribution in [2.24, 2.45) is 27.6 Å². The molecule has 1 heterocycles. The van der Waals surface area contributed by atoms with Crippen LogP contribution in [0.3, 0.4) is 0 Å². The summed E-state index contributed by atoms with van der Waals surface area (Å²) >= 11 is 0. The van der Waals surface area contributed by atoms with Gasteiger partial charge < -0.3 is 16.8 Å². The van der Waals surface area contributed by atoms with E-state index in [0.29, 0.717) is 23.1 Å². The summed E-state index contributed by atoms with van der Waals surface area (Å²) < 4.78 is 24.4. The van der Waals surface area contributed by atoms with E-state index < -0.39 is 10.0 Å². The van der Waals surface area contributed by atoms with Crippen molar-refractivity contribution in [2.45, 2.75) is 62.3 Å². The summed E-state index contributed by atoms with van der Waals surface area (Å²) in [5.74, 6) is 5.68. The molecule has 1 aliphatic heterocycles. The van der Waals surface area contributed by atoms with E-state index in [9.17, 15) is 8.42 Å². The SMILES string of the molecule is Cc1ccc(-c2ccc(C3CCNC3)cc2)c(/C(N)=N/NN)c1S(N)(=O)=O.NC1CCCCC1. The Morgan fingerprint density at radius 3 is 2.24 bits per heavy atom. The molecule has 1 saturated carbocycles. The van der Waals surface area contributed by atoms with E-state index in [4.69, 9.17) is 22.4 Å². The molecule has 2 aromatic rings. The number of hydrazone groups is 1.